The summed E-state index contributed by atoms with van der Waals surface area (Å²) in [6.45, 7) is 7.03. The molecule has 2 unspecified atom stereocenters. The van der Waals surface area contributed by atoms with Crippen LogP contribution in [0.15, 0.2) is 28.7 Å². The van der Waals surface area contributed by atoms with Gasteiger partial charge in [0.25, 0.3) is 0 Å². The summed E-state index contributed by atoms with van der Waals surface area (Å²) in [7, 11) is 0. The molecule has 0 radical (unpaired) electrons. The molecule has 1 heterocycles. The topological polar surface area (TPSA) is 15.3 Å². The van der Waals surface area contributed by atoms with Crippen LogP contribution in [0.4, 0.5) is 0 Å². The van der Waals surface area contributed by atoms with E-state index in [2.05, 4.69) is 64.3 Å². The Balaban J connectivity index is 1.78. The lowest BCUT2D eigenvalue weighted by molar-refractivity contribution is 0.0563. The largest absolute Gasteiger partial charge is 0.308 e. The molecule has 2 aliphatic rings. The van der Waals surface area contributed by atoms with Crippen LogP contribution in [-0.2, 0) is 0 Å². The normalized spacial score (nSPS) is 27.9. The second kappa shape index (κ2) is 5.78. The molecule has 1 aliphatic carbocycles. The van der Waals surface area contributed by atoms with Gasteiger partial charge >= 0.3 is 0 Å². The van der Waals surface area contributed by atoms with Crippen molar-refractivity contribution < 1.29 is 0 Å². The lowest BCUT2D eigenvalue weighted by Crippen LogP contribution is -2.62. The summed E-state index contributed by atoms with van der Waals surface area (Å²) in [6, 6.07) is 9.93. The SMILES string of the molecule is CC1CNC2(CCCC2)CN1C(C)c1ccc(Br)cc1. The molecule has 1 N–H and O–H groups in total. The number of nitrogens with zero attached hydrogens (tertiary/aromatic N) is 1. The second-order valence-corrected chi connectivity index (χ2v) is 7.53. The summed E-state index contributed by atoms with van der Waals surface area (Å²) in [5.74, 6) is 0. The van der Waals surface area contributed by atoms with Crippen molar-refractivity contribution in [2.24, 2.45) is 0 Å². The third-order valence-corrected chi connectivity index (χ3v) is 5.76. The van der Waals surface area contributed by atoms with Crippen LogP contribution < -0.4 is 5.32 Å². The molecule has 0 aromatic heterocycles. The minimum Gasteiger partial charge on any atom is -0.308 e. The predicted molar refractivity (Wildman–Crippen MR) is 87.9 cm³/mol. The lowest BCUT2D eigenvalue weighted by Gasteiger charge is -2.48. The first kappa shape index (κ1) is 14.6. The van der Waals surface area contributed by atoms with Crippen molar-refractivity contribution in [3.63, 3.8) is 0 Å². The van der Waals surface area contributed by atoms with Gasteiger partial charge in [0.2, 0.25) is 0 Å². The van der Waals surface area contributed by atoms with E-state index in [0.29, 0.717) is 17.6 Å². The second-order valence-electron chi connectivity index (χ2n) is 6.62. The Labute approximate surface area is 131 Å². The van der Waals surface area contributed by atoms with E-state index in [-0.39, 0.29) is 0 Å². The minimum atomic E-state index is 0.399. The zero-order valence-electron chi connectivity index (χ0n) is 12.5. The average molecular weight is 337 g/mol. The van der Waals surface area contributed by atoms with E-state index in [4.69, 9.17) is 0 Å². The molecule has 2 nitrogen and oxygen atoms in total. The maximum atomic E-state index is 3.84. The van der Waals surface area contributed by atoms with Gasteiger partial charge in [-0.25, -0.2) is 0 Å². The quantitative estimate of drug-likeness (QED) is 0.873. The molecule has 3 rings (SSSR count). The monoisotopic (exact) mass is 336 g/mol. The van der Waals surface area contributed by atoms with E-state index in [0.717, 1.165) is 11.0 Å². The van der Waals surface area contributed by atoms with Gasteiger partial charge in [0.15, 0.2) is 0 Å². The van der Waals surface area contributed by atoms with Gasteiger partial charge in [0, 0.05) is 35.2 Å². The van der Waals surface area contributed by atoms with Gasteiger partial charge in [0.1, 0.15) is 0 Å². The zero-order chi connectivity index (χ0) is 14.2. The van der Waals surface area contributed by atoms with Gasteiger partial charge in [-0.15, -0.1) is 0 Å². The van der Waals surface area contributed by atoms with Crippen LogP contribution >= 0.6 is 15.9 Å². The first-order valence-electron chi connectivity index (χ1n) is 7.86. The molecule has 1 aliphatic heterocycles. The number of hydrogen-bond donors (Lipinski definition) is 1. The predicted octanol–water partition coefficient (Wildman–Crippen LogP) is 4.12. The fourth-order valence-corrected chi connectivity index (χ4v) is 4.15. The van der Waals surface area contributed by atoms with Crippen LogP contribution in [0.2, 0.25) is 0 Å². The number of nitrogens with one attached hydrogen (secondary N) is 1. The molecule has 3 heteroatoms. The molecular weight excluding hydrogens is 312 g/mol. The lowest BCUT2D eigenvalue weighted by atomic mass is 9.90. The third kappa shape index (κ3) is 2.81. The maximum Gasteiger partial charge on any atom is 0.0324 e. The highest BCUT2D eigenvalue weighted by Crippen LogP contribution is 2.36. The third-order valence-electron chi connectivity index (χ3n) is 5.23. The van der Waals surface area contributed by atoms with Crippen molar-refractivity contribution in [1.29, 1.82) is 0 Å². The maximum absolute atomic E-state index is 3.84. The highest BCUT2D eigenvalue weighted by Gasteiger charge is 2.41. The number of hydrogen-bond acceptors (Lipinski definition) is 2. The van der Waals surface area contributed by atoms with Crippen LogP contribution in [-0.4, -0.2) is 29.6 Å². The fraction of sp³-hybridized carbons (Fsp3) is 0.647. The minimum absolute atomic E-state index is 0.399. The first-order valence-corrected chi connectivity index (χ1v) is 8.65. The summed E-state index contributed by atoms with van der Waals surface area (Å²) >= 11 is 3.53. The number of piperazine rings is 1. The molecule has 1 spiro atoms. The van der Waals surface area contributed by atoms with Crippen molar-refractivity contribution in [1.82, 2.24) is 10.2 Å². The number of rotatable bonds is 2. The zero-order valence-corrected chi connectivity index (χ0v) is 14.1. The molecular formula is C17H25BrN2. The summed E-state index contributed by atoms with van der Waals surface area (Å²) < 4.78 is 1.16. The number of halogens is 1. The van der Waals surface area contributed by atoms with Crippen LogP contribution in [0, 0.1) is 0 Å². The van der Waals surface area contributed by atoms with Gasteiger partial charge in [0.05, 0.1) is 0 Å². The van der Waals surface area contributed by atoms with Gasteiger partial charge in [-0.05, 0) is 44.4 Å². The summed E-state index contributed by atoms with van der Waals surface area (Å²) in [4.78, 5) is 2.70. The molecule has 2 fully saturated rings. The van der Waals surface area contributed by atoms with Gasteiger partial charge in [-0.1, -0.05) is 40.9 Å². The Morgan fingerprint density at radius 1 is 1.25 bits per heavy atom. The standard InChI is InChI=1S/C17H25BrN2/c1-13-11-19-17(9-3-4-10-17)12-20(13)14(2)15-5-7-16(18)8-6-15/h5-8,13-14,19H,3-4,9-12H2,1-2H3. The van der Waals surface area contributed by atoms with Gasteiger partial charge in [-0.2, -0.15) is 0 Å². The van der Waals surface area contributed by atoms with Crippen molar-refractivity contribution >= 4 is 15.9 Å². The van der Waals surface area contributed by atoms with Crippen LogP contribution in [0.5, 0.6) is 0 Å². The van der Waals surface area contributed by atoms with Crippen molar-refractivity contribution in [3.8, 4) is 0 Å². The Morgan fingerprint density at radius 2 is 1.90 bits per heavy atom. The molecule has 0 bridgehead atoms. The highest BCUT2D eigenvalue weighted by atomic mass is 79.9. The van der Waals surface area contributed by atoms with Crippen LogP contribution in [0.25, 0.3) is 0 Å². The van der Waals surface area contributed by atoms with Crippen LogP contribution in [0.3, 0.4) is 0 Å². The molecule has 1 aromatic carbocycles. The Bertz CT molecular complexity index is 451. The molecule has 2 atom stereocenters. The fourth-order valence-electron chi connectivity index (χ4n) is 3.88. The average Bonchev–Trinajstić information content (AvgIpc) is 2.90. The van der Waals surface area contributed by atoms with E-state index < -0.39 is 0 Å². The Kier molecular flexibility index (Phi) is 4.21. The Morgan fingerprint density at radius 3 is 2.55 bits per heavy atom. The van der Waals surface area contributed by atoms with E-state index in [1.54, 1.807) is 0 Å². The summed E-state index contributed by atoms with van der Waals surface area (Å²) in [5.41, 5.74) is 1.82. The highest BCUT2D eigenvalue weighted by molar-refractivity contribution is 9.10. The summed E-state index contributed by atoms with van der Waals surface area (Å²) in [6.07, 6.45) is 5.48. The van der Waals surface area contributed by atoms with E-state index in [1.807, 2.05) is 0 Å². The van der Waals surface area contributed by atoms with E-state index in [9.17, 15) is 0 Å². The van der Waals surface area contributed by atoms with E-state index >= 15 is 0 Å². The summed E-state index contributed by atoms with van der Waals surface area (Å²) in [5, 5.41) is 3.84. The first-order chi connectivity index (χ1) is 9.60. The molecule has 20 heavy (non-hydrogen) atoms. The van der Waals surface area contributed by atoms with Crippen molar-refractivity contribution in [2.45, 2.75) is 57.2 Å². The van der Waals surface area contributed by atoms with E-state index in [1.165, 1.54) is 37.8 Å². The van der Waals surface area contributed by atoms with Crippen LogP contribution in [0.1, 0.15) is 51.1 Å². The molecule has 0 amide bonds. The van der Waals surface area contributed by atoms with Gasteiger partial charge in [-0.3, -0.25) is 4.90 Å². The molecule has 1 aromatic rings. The number of benzene rings is 1. The Hall–Kier alpha value is -0.380. The smallest absolute Gasteiger partial charge is 0.0324 e. The van der Waals surface area contributed by atoms with Gasteiger partial charge < -0.3 is 5.32 Å². The van der Waals surface area contributed by atoms with Crippen molar-refractivity contribution in [2.75, 3.05) is 13.1 Å². The van der Waals surface area contributed by atoms with Crippen molar-refractivity contribution in [3.05, 3.63) is 34.3 Å². The molecule has 110 valence electrons. The molecule has 1 saturated carbocycles. The molecule has 1 saturated heterocycles.